The summed E-state index contributed by atoms with van der Waals surface area (Å²) in [4.78, 5) is 14.2. The Morgan fingerprint density at radius 1 is 1.24 bits per heavy atom. The molecule has 8 heteroatoms. The Kier molecular flexibility index (Phi) is 6.98. The van der Waals surface area contributed by atoms with Gasteiger partial charge in [0.25, 0.3) is 5.91 Å². The minimum atomic E-state index is -0.708. The molecule has 0 unspecified atom stereocenters. The summed E-state index contributed by atoms with van der Waals surface area (Å²) in [5.41, 5.74) is 5.57. The quantitative estimate of drug-likeness (QED) is 0.875. The van der Waals surface area contributed by atoms with Gasteiger partial charge in [-0.2, -0.15) is 0 Å². The first-order valence-electron chi connectivity index (χ1n) is 8.33. The van der Waals surface area contributed by atoms with Crippen LogP contribution in [0.25, 0.3) is 0 Å². The van der Waals surface area contributed by atoms with Crippen molar-refractivity contribution < 1.29 is 23.0 Å². The highest BCUT2D eigenvalue weighted by Crippen LogP contribution is 2.25. The number of nitrogens with zero attached hydrogens (tertiary/aromatic N) is 1. The zero-order valence-corrected chi connectivity index (χ0v) is 14.6. The van der Waals surface area contributed by atoms with Crippen LogP contribution >= 0.6 is 12.4 Å². The summed E-state index contributed by atoms with van der Waals surface area (Å²) in [7, 11) is 0. The molecule has 2 atom stereocenters. The Balaban J connectivity index is 0.00000225. The highest BCUT2D eigenvalue weighted by atomic mass is 35.5. The highest BCUT2D eigenvalue weighted by molar-refractivity contribution is 5.85. The van der Waals surface area contributed by atoms with E-state index in [0.717, 1.165) is 12.5 Å². The van der Waals surface area contributed by atoms with E-state index in [9.17, 15) is 13.6 Å². The number of benzene rings is 1. The third-order valence-electron chi connectivity index (χ3n) is 4.59. The molecule has 0 radical (unpaired) electrons. The van der Waals surface area contributed by atoms with Gasteiger partial charge in [0.2, 0.25) is 0 Å². The molecule has 140 valence electrons. The molecule has 0 bridgehead atoms. The van der Waals surface area contributed by atoms with Gasteiger partial charge < -0.3 is 20.1 Å². The zero-order chi connectivity index (χ0) is 17.1. The van der Waals surface area contributed by atoms with E-state index < -0.39 is 17.7 Å². The summed E-state index contributed by atoms with van der Waals surface area (Å²) in [6.07, 6.45) is 2.13. The Morgan fingerprint density at radius 2 is 1.96 bits per heavy atom. The summed E-state index contributed by atoms with van der Waals surface area (Å²) >= 11 is 0. The topological polar surface area (TPSA) is 64.8 Å². The number of hydrogen-bond donors (Lipinski definition) is 1. The Bertz CT molecular complexity index is 597. The molecule has 2 fully saturated rings. The van der Waals surface area contributed by atoms with Gasteiger partial charge in [0, 0.05) is 38.5 Å². The molecule has 2 heterocycles. The molecule has 2 N–H and O–H groups in total. The first kappa shape index (κ1) is 19.9. The predicted molar refractivity (Wildman–Crippen MR) is 90.8 cm³/mol. The molecule has 0 saturated carbocycles. The van der Waals surface area contributed by atoms with E-state index in [1.165, 1.54) is 12.1 Å². The Hall–Kier alpha value is -1.44. The normalized spacial score (nSPS) is 24.0. The molecule has 1 aromatic carbocycles. The predicted octanol–water partition coefficient (Wildman–Crippen LogP) is 2.26. The van der Waals surface area contributed by atoms with Crippen LogP contribution in [0.5, 0.6) is 5.75 Å². The van der Waals surface area contributed by atoms with Crippen LogP contribution in [0.4, 0.5) is 8.78 Å². The molecule has 1 amide bonds. The van der Waals surface area contributed by atoms with E-state index in [4.69, 9.17) is 15.2 Å². The van der Waals surface area contributed by atoms with Crippen molar-refractivity contribution in [1.29, 1.82) is 0 Å². The number of carbonyl (C=O) groups excluding carboxylic acids is 1. The fourth-order valence-corrected chi connectivity index (χ4v) is 3.21. The number of likely N-dealkylation sites (tertiary alicyclic amines) is 1. The smallest absolute Gasteiger partial charge is 0.251 e. The SMILES string of the molecule is Cl.NC[C@H]1CC[C@@H](C(=O)N2CCC(Oc3ccc(F)cc3F)CC2)O1. The molecule has 0 aromatic heterocycles. The van der Waals surface area contributed by atoms with Crippen molar-refractivity contribution in [2.45, 2.75) is 44.0 Å². The molecule has 2 aliphatic heterocycles. The summed E-state index contributed by atoms with van der Waals surface area (Å²) in [6, 6.07) is 3.27. The molecular formula is C17H23ClF2N2O3. The van der Waals surface area contributed by atoms with E-state index >= 15 is 0 Å². The van der Waals surface area contributed by atoms with Gasteiger partial charge in [-0.25, -0.2) is 8.78 Å². The first-order valence-corrected chi connectivity index (χ1v) is 8.33. The van der Waals surface area contributed by atoms with Crippen LogP contribution in [-0.2, 0) is 9.53 Å². The van der Waals surface area contributed by atoms with Crippen LogP contribution in [0.1, 0.15) is 25.7 Å². The number of nitrogens with two attached hydrogens (primary N) is 1. The van der Waals surface area contributed by atoms with Gasteiger partial charge in [-0.3, -0.25) is 4.79 Å². The van der Waals surface area contributed by atoms with Crippen molar-refractivity contribution in [1.82, 2.24) is 4.90 Å². The van der Waals surface area contributed by atoms with Crippen molar-refractivity contribution in [3.8, 4) is 5.75 Å². The average molecular weight is 377 g/mol. The van der Waals surface area contributed by atoms with Crippen LogP contribution in [0.15, 0.2) is 18.2 Å². The second-order valence-corrected chi connectivity index (χ2v) is 6.28. The maximum Gasteiger partial charge on any atom is 0.251 e. The van der Waals surface area contributed by atoms with Gasteiger partial charge >= 0.3 is 0 Å². The molecule has 2 aliphatic rings. The van der Waals surface area contributed by atoms with Gasteiger partial charge in [0.15, 0.2) is 11.6 Å². The number of ether oxygens (including phenoxy) is 2. The minimum Gasteiger partial charge on any atom is -0.487 e. The molecule has 0 spiro atoms. The fraction of sp³-hybridized carbons (Fsp3) is 0.588. The van der Waals surface area contributed by atoms with E-state index in [2.05, 4.69) is 0 Å². The molecule has 0 aliphatic carbocycles. The first-order chi connectivity index (χ1) is 11.6. The third-order valence-corrected chi connectivity index (χ3v) is 4.59. The van der Waals surface area contributed by atoms with Crippen molar-refractivity contribution >= 4 is 18.3 Å². The third kappa shape index (κ3) is 4.80. The van der Waals surface area contributed by atoms with Gasteiger partial charge in [-0.15, -0.1) is 12.4 Å². The van der Waals surface area contributed by atoms with Gasteiger partial charge in [0.1, 0.15) is 18.0 Å². The standard InChI is InChI=1S/C17H22F2N2O3.ClH/c18-11-1-3-15(14(19)9-11)23-12-5-7-21(8-6-12)17(22)16-4-2-13(10-20)24-16;/h1,3,9,12-13,16H,2,4-8,10,20H2;1H/t13-,16+;/m1./s1. The molecule has 1 aromatic rings. The second kappa shape index (κ2) is 8.78. The lowest BCUT2D eigenvalue weighted by atomic mass is 10.1. The number of halogens is 3. The summed E-state index contributed by atoms with van der Waals surface area (Å²) in [5.74, 6) is -1.29. The Labute approximate surface area is 151 Å². The average Bonchev–Trinajstić information content (AvgIpc) is 3.06. The van der Waals surface area contributed by atoms with Crippen molar-refractivity contribution in [3.63, 3.8) is 0 Å². The van der Waals surface area contributed by atoms with Crippen LogP contribution in [0.3, 0.4) is 0 Å². The number of amides is 1. The lowest BCUT2D eigenvalue weighted by molar-refractivity contribution is -0.144. The molecule has 3 rings (SSSR count). The molecule has 25 heavy (non-hydrogen) atoms. The van der Waals surface area contributed by atoms with E-state index in [0.29, 0.717) is 38.9 Å². The summed E-state index contributed by atoms with van der Waals surface area (Å²) < 4.78 is 37.8. The summed E-state index contributed by atoms with van der Waals surface area (Å²) in [6.45, 7) is 1.52. The zero-order valence-electron chi connectivity index (χ0n) is 13.8. The Morgan fingerprint density at radius 3 is 2.56 bits per heavy atom. The van der Waals surface area contributed by atoms with Gasteiger partial charge in [-0.1, -0.05) is 0 Å². The minimum absolute atomic E-state index is 0. The number of hydrogen-bond acceptors (Lipinski definition) is 4. The second-order valence-electron chi connectivity index (χ2n) is 6.28. The van der Waals surface area contributed by atoms with Crippen molar-refractivity contribution in [3.05, 3.63) is 29.8 Å². The van der Waals surface area contributed by atoms with Crippen LogP contribution in [-0.4, -0.2) is 48.8 Å². The van der Waals surface area contributed by atoms with Crippen LogP contribution in [0, 0.1) is 11.6 Å². The molecular weight excluding hydrogens is 354 g/mol. The molecule has 5 nitrogen and oxygen atoms in total. The maximum absolute atomic E-state index is 13.6. The fourth-order valence-electron chi connectivity index (χ4n) is 3.21. The lowest BCUT2D eigenvalue weighted by Gasteiger charge is -2.33. The lowest BCUT2D eigenvalue weighted by Crippen LogP contribution is -2.46. The van der Waals surface area contributed by atoms with Gasteiger partial charge in [0.05, 0.1) is 6.10 Å². The van der Waals surface area contributed by atoms with Crippen molar-refractivity contribution in [2.75, 3.05) is 19.6 Å². The summed E-state index contributed by atoms with van der Waals surface area (Å²) in [5, 5.41) is 0. The highest BCUT2D eigenvalue weighted by Gasteiger charge is 2.34. The van der Waals surface area contributed by atoms with Crippen molar-refractivity contribution in [2.24, 2.45) is 5.73 Å². The number of piperidine rings is 1. The van der Waals surface area contributed by atoms with Crippen LogP contribution < -0.4 is 10.5 Å². The van der Waals surface area contributed by atoms with E-state index in [1.54, 1.807) is 4.90 Å². The van der Waals surface area contributed by atoms with E-state index in [1.807, 2.05) is 0 Å². The molecule has 2 saturated heterocycles. The monoisotopic (exact) mass is 376 g/mol. The van der Waals surface area contributed by atoms with Gasteiger partial charge in [-0.05, 0) is 25.0 Å². The van der Waals surface area contributed by atoms with Crippen LogP contribution in [0.2, 0.25) is 0 Å². The maximum atomic E-state index is 13.6. The number of rotatable bonds is 4. The largest absolute Gasteiger partial charge is 0.487 e. The number of carbonyl (C=O) groups is 1. The van der Waals surface area contributed by atoms with E-state index in [-0.39, 0.29) is 36.3 Å².